The molecule has 1 saturated carbocycles. The first-order chi connectivity index (χ1) is 9.79. The highest BCUT2D eigenvalue weighted by molar-refractivity contribution is 7.99. The summed E-state index contributed by atoms with van der Waals surface area (Å²) in [4.78, 5) is 2.86. The third-order valence-corrected chi connectivity index (χ3v) is 6.06. The lowest BCUT2D eigenvalue weighted by Gasteiger charge is -2.44. The minimum Gasteiger partial charge on any atom is -0.328 e. The maximum atomic E-state index is 6.16. The van der Waals surface area contributed by atoms with Crippen LogP contribution in [0.3, 0.4) is 0 Å². The van der Waals surface area contributed by atoms with Crippen molar-refractivity contribution >= 4 is 11.8 Å². The van der Waals surface area contributed by atoms with E-state index in [-0.39, 0.29) is 5.41 Å². The Balaban J connectivity index is 1.93. The zero-order valence-electron chi connectivity index (χ0n) is 11.5. The van der Waals surface area contributed by atoms with Gasteiger partial charge in [0.15, 0.2) is 0 Å². The molecule has 1 fully saturated rings. The molecule has 0 bridgehead atoms. The molecule has 2 aromatic carbocycles. The number of fused-ring (bicyclic) bond motifs is 4. The molecule has 1 spiro atoms. The van der Waals surface area contributed by atoms with Crippen molar-refractivity contribution < 1.29 is 0 Å². The number of rotatable bonds is 0. The first-order valence-electron chi connectivity index (χ1n) is 7.42. The summed E-state index contributed by atoms with van der Waals surface area (Å²) in [5.41, 5.74) is 9.41. The van der Waals surface area contributed by atoms with Gasteiger partial charge in [0.1, 0.15) is 0 Å². The maximum Gasteiger partial charge on any atom is 0.0226 e. The molecule has 20 heavy (non-hydrogen) atoms. The fourth-order valence-electron chi connectivity index (χ4n) is 3.84. The first kappa shape index (κ1) is 12.5. The fraction of sp³-hybridized carbons (Fsp3) is 0.333. The van der Waals surface area contributed by atoms with Gasteiger partial charge in [-0.25, -0.2) is 0 Å². The third-order valence-electron chi connectivity index (χ3n) is 4.91. The summed E-state index contributed by atoms with van der Waals surface area (Å²) in [6, 6.07) is 18.3. The Labute approximate surface area is 124 Å². The molecule has 0 amide bonds. The van der Waals surface area contributed by atoms with E-state index >= 15 is 0 Å². The standard InChI is InChI=1S/C18H19NS/c19-13-9-11-18(12-10-13)14-5-1-3-7-16(14)20-17-8-4-2-6-15(17)18/h1-8,13H,9-12,19H2. The third kappa shape index (κ3) is 1.75. The summed E-state index contributed by atoms with van der Waals surface area (Å²) < 4.78 is 0. The molecule has 1 aliphatic heterocycles. The zero-order valence-corrected chi connectivity index (χ0v) is 12.3. The van der Waals surface area contributed by atoms with Crippen LogP contribution in [0.25, 0.3) is 0 Å². The van der Waals surface area contributed by atoms with E-state index in [0.29, 0.717) is 6.04 Å². The molecule has 2 N–H and O–H groups in total. The molecule has 2 heteroatoms. The fourth-order valence-corrected chi connectivity index (χ4v) is 5.11. The molecular weight excluding hydrogens is 262 g/mol. The Bertz CT molecular complexity index is 594. The quantitative estimate of drug-likeness (QED) is 0.777. The molecular formula is C18H19NS. The van der Waals surface area contributed by atoms with Crippen molar-refractivity contribution in [3.05, 3.63) is 59.7 Å². The molecule has 0 aromatic heterocycles. The lowest BCUT2D eigenvalue weighted by Crippen LogP contribution is -2.39. The number of nitrogens with two attached hydrogens (primary N) is 1. The van der Waals surface area contributed by atoms with Gasteiger partial charge in [-0.2, -0.15) is 0 Å². The first-order valence-corrected chi connectivity index (χ1v) is 8.24. The van der Waals surface area contributed by atoms with E-state index in [9.17, 15) is 0 Å². The molecule has 2 aliphatic rings. The molecule has 1 aliphatic carbocycles. The van der Waals surface area contributed by atoms with Crippen LogP contribution >= 0.6 is 11.8 Å². The Kier molecular flexibility index (Phi) is 2.90. The van der Waals surface area contributed by atoms with Crippen molar-refractivity contribution in [3.63, 3.8) is 0 Å². The average molecular weight is 281 g/mol. The van der Waals surface area contributed by atoms with Crippen LogP contribution in [0.4, 0.5) is 0 Å². The monoisotopic (exact) mass is 281 g/mol. The molecule has 1 heterocycles. The van der Waals surface area contributed by atoms with Gasteiger partial charge in [-0.05, 0) is 48.9 Å². The van der Waals surface area contributed by atoms with Gasteiger partial charge in [-0.1, -0.05) is 48.2 Å². The van der Waals surface area contributed by atoms with Gasteiger partial charge in [0.2, 0.25) is 0 Å². The van der Waals surface area contributed by atoms with Crippen molar-refractivity contribution in [2.75, 3.05) is 0 Å². The average Bonchev–Trinajstić information content (AvgIpc) is 2.50. The summed E-state index contributed by atoms with van der Waals surface area (Å²) in [6.07, 6.45) is 4.63. The molecule has 0 saturated heterocycles. The van der Waals surface area contributed by atoms with Crippen LogP contribution in [0.1, 0.15) is 36.8 Å². The van der Waals surface area contributed by atoms with E-state index in [1.54, 1.807) is 0 Å². The lowest BCUT2D eigenvalue weighted by molar-refractivity contribution is 0.306. The van der Waals surface area contributed by atoms with Gasteiger partial charge in [0, 0.05) is 21.2 Å². The van der Waals surface area contributed by atoms with Crippen LogP contribution in [-0.2, 0) is 5.41 Å². The molecule has 102 valence electrons. The molecule has 0 radical (unpaired) electrons. The van der Waals surface area contributed by atoms with Crippen molar-refractivity contribution in [3.8, 4) is 0 Å². The Morgan fingerprint density at radius 1 is 0.850 bits per heavy atom. The van der Waals surface area contributed by atoms with Gasteiger partial charge in [0.25, 0.3) is 0 Å². The van der Waals surface area contributed by atoms with Crippen LogP contribution in [-0.4, -0.2) is 6.04 Å². The van der Waals surface area contributed by atoms with Crippen LogP contribution in [0.15, 0.2) is 58.3 Å². The summed E-state index contributed by atoms with van der Waals surface area (Å²) >= 11 is 1.92. The van der Waals surface area contributed by atoms with E-state index in [1.807, 2.05) is 11.8 Å². The maximum absolute atomic E-state index is 6.16. The van der Waals surface area contributed by atoms with E-state index < -0.39 is 0 Å². The summed E-state index contributed by atoms with van der Waals surface area (Å²) in [5.74, 6) is 0. The minimum absolute atomic E-state index is 0.203. The highest BCUT2D eigenvalue weighted by Crippen LogP contribution is 2.54. The second kappa shape index (κ2) is 4.64. The second-order valence-electron chi connectivity index (χ2n) is 6.01. The van der Waals surface area contributed by atoms with E-state index in [1.165, 1.54) is 33.8 Å². The van der Waals surface area contributed by atoms with Crippen molar-refractivity contribution in [1.82, 2.24) is 0 Å². The summed E-state index contributed by atoms with van der Waals surface area (Å²) in [6.45, 7) is 0. The molecule has 0 atom stereocenters. The van der Waals surface area contributed by atoms with Crippen LogP contribution in [0.5, 0.6) is 0 Å². The Hall–Kier alpha value is -1.25. The Morgan fingerprint density at radius 2 is 1.35 bits per heavy atom. The number of hydrogen-bond donors (Lipinski definition) is 1. The van der Waals surface area contributed by atoms with Crippen molar-refractivity contribution in [2.24, 2.45) is 5.73 Å². The van der Waals surface area contributed by atoms with Gasteiger partial charge in [-0.3, -0.25) is 0 Å². The van der Waals surface area contributed by atoms with E-state index in [4.69, 9.17) is 5.73 Å². The predicted octanol–water partition coefficient (Wildman–Crippen LogP) is 4.34. The topological polar surface area (TPSA) is 26.0 Å². The number of benzene rings is 2. The summed E-state index contributed by atoms with van der Waals surface area (Å²) in [5, 5.41) is 0. The highest BCUT2D eigenvalue weighted by Gasteiger charge is 2.42. The van der Waals surface area contributed by atoms with Crippen molar-refractivity contribution in [1.29, 1.82) is 0 Å². The largest absolute Gasteiger partial charge is 0.328 e. The highest BCUT2D eigenvalue weighted by atomic mass is 32.2. The second-order valence-corrected chi connectivity index (χ2v) is 7.10. The smallest absolute Gasteiger partial charge is 0.0226 e. The van der Waals surface area contributed by atoms with Gasteiger partial charge in [-0.15, -0.1) is 0 Å². The minimum atomic E-state index is 0.203. The zero-order chi connectivity index (χ0) is 13.6. The van der Waals surface area contributed by atoms with E-state index in [2.05, 4.69) is 48.5 Å². The molecule has 0 unspecified atom stereocenters. The van der Waals surface area contributed by atoms with Crippen LogP contribution in [0.2, 0.25) is 0 Å². The predicted molar refractivity (Wildman–Crippen MR) is 84.2 cm³/mol. The SMILES string of the molecule is NC1CCC2(CC1)c1ccccc1Sc1ccccc12. The van der Waals surface area contributed by atoms with Gasteiger partial charge in [0.05, 0.1) is 0 Å². The van der Waals surface area contributed by atoms with Crippen molar-refractivity contribution in [2.45, 2.75) is 46.9 Å². The molecule has 1 nitrogen and oxygen atoms in total. The van der Waals surface area contributed by atoms with Crippen LogP contribution in [0, 0.1) is 0 Å². The van der Waals surface area contributed by atoms with Gasteiger partial charge < -0.3 is 5.73 Å². The van der Waals surface area contributed by atoms with E-state index in [0.717, 1.165) is 12.8 Å². The Morgan fingerprint density at radius 3 is 1.90 bits per heavy atom. The molecule has 4 rings (SSSR count). The van der Waals surface area contributed by atoms with Crippen LogP contribution < -0.4 is 5.73 Å². The summed E-state index contributed by atoms with van der Waals surface area (Å²) in [7, 11) is 0. The normalized spacial score (nSPS) is 20.4. The molecule has 2 aromatic rings. The number of hydrogen-bond acceptors (Lipinski definition) is 2. The van der Waals surface area contributed by atoms with Gasteiger partial charge >= 0.3 is 0 Å². The lowest BCUT2D eigenvalue weighted by atomic mass is 9.64.